The average Bonchev–Trinajstić information content (AvgIpc) is 2.96. The van der Waals surface area contributed by atoms with Crippen molar-refractivity contribution in [3.63, 3.8) is 0 Å². The van der Waals surface area contributed by atoms with E-state index >= 15 is 0 Å². The van der Waals surface area contributed by atoms with Crippen LogP contribution in [0.4, 0.5) is 0 Å². The number of nitrogens with one attached hydrogen (secondary N) is 6. The number of carboxylic acid groups (broad SMARTS) is 2. The molecule has 14 N–H and O–H groups in total. The first-order valence-corrected chi connectivity index (χ1v) is 14.8. The minimum absolute atomic E-state index is 0.114. The van der Waals surface area contributed by atoms with Crippen LogP contribution in [0.2, 0.25) is 0 Å². The third kappa shape index (κ3) is 17.3. The Morgan fingerprint density at radius 2 is 1.21 bits per heavy atom. The van der Waals surface area contributed by atoms with E-state index in [4.69, 9.17) is 17.2 Å². The van der Waals surface area contributed by atoms with Crippen LogP contribution < -0.4 is 49.1 Å². The molecule has 0 unspecified atom stereocenters. The fourth-order valence-electron chi connectivity index (χ4n) is 3.79. The van der Waals surface area contributed by atoms with E-state index in [1.54, 1.807) is 27.7 Å². The number of rotatable bonds is 21. The number of carboxylic acids is 2. The summed E-state index contributed by atoms with van der Waals surface area (Å²) in [6.07, 6.45) is -0.268. The molecule has 0 saturated carbocycles. The van der Waals surface area contributed by atoms with Gasteiger partial charge < -0.3 is 59.3 Å². The van der Waals surface area contributed by atoms with Gasteiger partial charge in [0.15, 0.2) is 5.96 Å². The van der Waals surface area contributed by atoms with Gasteiger partial charge in [0.1, 0.15) is 24.2 Å². The van der Waals surface area contributed by atoms with Gasteiger partial charge in [0.2, 0.25) is 35.4 Å². The van der Waals surface area contributed by atoms with Crippen molar-refractivity contribution in [2.45, 2.75) is 84.1 Å². The summed E-state index contributed by atoms with van der Waals surface area (Å²) in [7, 11) is 0. The standard InChI is InChI=1S/C27H48N10O10/c1-12(2)20(25(45)33-11-18(39)36-21(13(3)4)26(46)47)37-22(42)14(5)34-24(44)16(9-19(40)41)35-17(38)10-32-23(43)15(28)7-6-8-31-27(29)30/h12-16,20-21H,6-11,28H2,1-5H3,(H,32,43)(H,33,45)(H,34,44)(H,35,38)(H,36,39)(H,37,42)(H,40,41)(H,46,47)(H4,29,30,31)/t14-,15-,16-,20-,21-/m0/s1. The molecule has 5 atom stereocenters. The zero-order valence-electron chi connectivity index (χ0n) is 27.1. The summed E-state index contributed by atoms with van der Waals surface area (Å²) >= 11 is 0. The number of carbonyl (C=O) groups is 8. The number of hydrogen-bond acceptors (Lipinski definition) is 10. The fourth-order valence-corrected chi connectivity index (χ4v) is 3.79. The highest BCUT2D eigenvalue weighted by Crippen LogP contribution is 2.04. The van der Waals surface area contributed by atoms with Crippen molar-refractivity contribution >= 4 is 53.3 Å². The van der Waals surface area contributed by atoms with Gasteiger partial charge in [-0.3, -0.25) is 38.6 Å². The molecule has 20 heteroatoms. The van der Waals surface area contributed by atoms with Gasteiger partial charge in [0, 0.05) is 6.54 Å². The van der Waals surface area contributed by atoms with E-state index in [0.29, 0.717) is 6.42 Å². The molecule has 0 aromatic carbocycles. The lowest BCUT2D eigenvalue weighted by molar-refractivity contribution is -0.143. The van der Waals surface area contributed by atoms with Gasteiger partial charge in [0.25, 0.3) is 0 Å². The van der Waals surface area contributed by atoms with Gasteiger partial charge in [0.05, 0.1) is 25.6 Å². The molecule has 0 fully saturated rings. The van der Waals surface area contributed by atoms with Crippen molar-refractivity contribution in [3.05, 3.63) is 0 Å². The van der Waals surface area contributed by atoms with E-state index in [1.807, 2.05) is 0 Å². The first-order valence-electron chi connectivity index (χ1n) is 14.8. The molecule has 0 spiro atoms. The maximum absolute atomic E-state index is 12.8. The summed E-state index contributed by atoms with van der Waals surface area (Å²) in [5.41, 5.74) is 16.2. The molecular weight excluding hydrogens is 624 g/mol. The van der Waals surface area contributed by atoms with E-state index in [2.05, 4.69) is 36.9 Å². The zero-order chi connectivity index (χ0) is 36.4. The molecule has 0 aromatic rings. The van der Waals surface area contributed by atoms with E-state index < -0.39 is 109 Å². The van der Waals surface area contributed by atoms with Crippen LogP contribution in [0.5, 0.6) is 0 Å². The van der Waals surface area contributed by atoms with E-state index in [-0.39, 0.29) is 18.9 Å². The number of amides is 6. The molecule has 0 rings (SSSR count). The van der Waals surface area contributed by atoms with Crippen LogP contribution in [-0.4, -0.2) is 113 Å². The van der Waals surface area contributed by atoms with Crippen LogP contribution in [0.3, 0.4) is 0 Å². The summed E-state index contributed by atoms with van der Waals surface area (Å²) in [6, 6.07) is -6.28. The number of guanidine groups is 1. The number of nitrogens with zero attached hydrogens (tertiary/aromatic N) is 1. The minimum Gasteiger partial charge on any atom is -0.481 e. The molecule has 0 aliphatic carbocycles. The van der Waals surface area contributed by atoms with Crippen LogP contribution in [0.1, 0.15) is 53.9 Å². The number of nitrogens with two attached hydrogens (primary N) is 3. The van der Waals surface area contributed by atoms with Gasteiger partial charge in [-0.15, -0.1) is 0 Å². The number of aliphatic carboxylic acids is 2. The lowest BCUT2D eigenvalue weighted by Gasteiger charge is -2.25. The first kappa shape index (κ1) is 42.0. The van der Waals surface area contributed by atoms with Gasteiger partial charge >= 0.3 is 11.9 Å². The maximum Gasteiger partial charge on any atom is 0.326 e. The Bertz CT molecular complexity index is 1170. The average molecular weight is 673 g/mol. The zero-order valence-corrected chi connectivity index (χ0v) is 27.1. The Kier molecular flexibility index (Phi) is 18.7. The molecular formula is C27H48N10O10. The SMILES string of the molecule is CC(C)[C@H](NC(=O)CNC(=O)[C@@H](NC(=O)[C@H](C)NC(=O)[C@H](CC(=O)O)NC(=O)CNC(=O)[C@@H](N)CCCN=C(N)N)C(C)C)C(=O)O. The quantitative estimate of drug-likeness (QED) is 0.0311. The molecule has 0 saturated heterocycles. The molecule has 0 heterocycles. The van der Waals surface area contributed by atoms with E-state index in [9.17, 15) is 48.6 Å². The largest absolute Gasteiger partial charge is 0.481 e. The lowest BCUT2D eigenvalue weighted by Crippen LogP contribution is -2.58. The van der Waals surface area contributed by atoms with Crippen LogP contribution in [-0.2, 0) is 38.4 Å². The predicted molar refractivity (Wildman–Crippen MR) is 167 cm³/mol. The van der Waals surface area contributed by atoms with Crippen molar-refractivity contribution in [2.75, 3.05) is 19.6 Å². The molecule has 0 aliphatic heterocycles. The van der Waals surface area contributed by atoms with Crippen LogP contribution >= 0.6 is 0 Å². The summed E-state index contributed by atoms with van der Waals surface area (Å²) in [5, 5.41) is 32.2. The smallest absolute Gasteiger partial charge is 0.326 e. The Balaban J connectivity index is 5.14. The second-order valence-electron chi connectivity index (χ2n) is 11.3. The first-order chi connectivity index (χ1) is 21.8. The summed E-state index contributed by atoms with van der Waals surface area (Å²) in [5.74, 6) is -8.70. The number of hydrogen-bond donors (Lipinski definition) is 11. The maximum atomic E-state index is 12.8. The topological polar surface area (TPSA) is 340 Å². The Hall–Kier alpha value is -5.01. The molecule has 20 nitrogen and oxygen atoms in total. The molecule has 47 heavy (non-hydrogen) atoms. The third-order valence-corrected chi connectivity index (χ3v) is 6.43. The number of carbonyl (C=O) groups excluding carboxylic acids is 6. The normalized spacial score (nSPS) is 14.0. The van der Waals surface area contributed by atoms with E-state index in [0.717, 1.165) is 0 Å². The molecule has 0 aliphatic rings. The van der Waals surface area contributed by atoms with Crippen molar-refractivity contribution < 1.29 is 48.6 Å². The van der Waals surface area contributed by atoms with Crippen LogP contribution in [0.15, 0.2) is 4.99 Å². The van der Waals surface area contributed by atoms with Gasteiger partial charge in [-0.05, 0) is 31.6 Å². The molecule has 266 valence electrons. The van der Waals surface area contributed by atoms with Crippen molar-refractivity contribution in [1.29, 1.82) is 0 Å². The fraction of sp³-hybridized carbons (Fsp3) is 0.667. The van der Waals surface area contributed by atoms with E-state index in [1.165, 1.54) is 6.92 Å². The monoisotopic (exact) mass is 672 g/mol. The lowest BCUT2D eigenvalue weighted by atomic mass is 10.0. The second-order valence-corrected chi connectivity index (χ2v) is 11.3. The van der Waals surface area contributed by atoms with Crippen molar-refractivity contribution in [3.8, 4) is 0 Å². The van der Waals surface area contributed by atoms with Crippen molar-refractivity contribution in [2.24, 2.45) is 34.0 Å². The predicted octanol–water partition coefficient (Wildman–Crippen LogP) is -4.57. The second kappa shape index (κ2) is 20.9. The third-order valence-electron chi connectivity index (χ3n) is 6.43. The minimum atomic E-state index is -1.64. The van der Waals surface area contributed by atoms with Crippen molar-refractivity contribution in [1.82, 2.24) is 31.9 Å². The van der Waals surface area contributed by atoms with Gasteiger partial charge in [-0.25, -0.2) is 4.79 Å². The van der Waals surface area contributed by atoms with Crippen LogP contribution in [0.25, 0.3) is 0 Å². The highest BCUT2D eigenvalue weighted by Gasteiger charge is 2.31. The molecule has 0 radical (unpaired) electrons. The molecule has 0 aromatic heterocycles. The highest BCUT2D eigenvalue weighted by molar-refractivity contribution is 5.96. The number of aliphatic imine (C=N–C) groups is 1. The molecule has 0 bridgehead atoms. The summed E-state index contributed by atoms with van der Waals surface area (Å²) in [4.78, 5) is 101. The summed E-state index contributed by atoms with van der Waals surface area (Å²) in [6.45, 7) is 6.69. The molecule has 6 amide bonds. The Morgan fingerprint density at radius 1 is 0.681 bits per heavy atom. The highest BCUT2D eigenvalue weighted by atomic mass is 16.4. The summed E-state index contributed by atoms with van der Waals surface area (Å²) < 4.78 is 0. The Morgan fingerprint density at radius 3 is 1.70 bits per heavy atom. The Labute approximate surface area is 271 Å². The van der Waals surface area contributed by atoms with Crippen LogP contribution in [0, 0.1) is 11.8 Å². The van der Waals surface area contributed by atoms with Gasteiger partial charge in [-0.1, -0.05) is 27.7 Å². The van der Waals surface area contributed by atoms with Gasteiger partial charge in [-0.2, -0.15) is 0 Å².